The maximum atomic E-state index is 13.4. The predicted molar refractivity (Wildman–Crippen MR) is 112 cm³/mol. The van der Waals surface area contributed by atoms with E-state index in [9.17, 15) is 9.18 Å². The number of rotatable bonds is 8. The Morgan fingerprint density at radius 1 is 1.21 bits per heavy atom. The molecule has 0 spiro atoms. The molecule has 0 unspecified atom stereocenters. The van der Waals surface area contributed by atoms with E-state index in [4.69, 9.17) is 4.74 Å². The molecule has 0 aliphatic carbocycles. The van der Waals surface area contributed by atoms with Crippen molar-refractivity contribution in [1.82, 2.24) is 14.8 Å². The Bertz CT molecular complexity index is 989. The van der Waals surface area contributed by atoms with Crippen LogP contribution in [0, 0.1) is 12.7 Å². The number of amides is 1. The molecule has 0 saturated heterocycles. The second kappa shape index (κ2) is 9.56. The molecule has 1 amide bonds. The van der Waals surface area contributed by atoms with E-state index < -0.39 is 0 Å². The third-order valence-corrected chi connectivity index (χ3v) is 5.40. The third-order valence-electron chi connectivity index (χ3n) is 4.44. The van der Waals surface area contributed by atoms with Gasteiger partial charge in [-0.1, -0.05) is 30.0 Å². The van der Waals surface area contributed by atoms with Crippen molar-refractivity contribution >= 4 is 23.4 Å². The number of carbonyl (C=O) groups excluding carboxylic acids is 1. The zero-order valence-corrected chi connectivity index (χ0v) is 17.4. The molecule has 0 aliphatic heterocycles. The van der Waals surface area contributed by atoms with Crippen LogP contribution in [0.15, 0.2) is 47.6 Å². The fourth-order valence-electron chi connectivity index (χ4n) is 2.85. The molecule has 0 fully saturated rings. The van der Waals surface area contributed by atoms with Crippen molar-refractivity contribution in [1.29, 1.82) is 0 Å². The van der Waals surface area contributed by atoms with Gasteiger partial charge in [0.15, 0.2) is 5.16 Å². The van der Waals surface area contributed by atoms with Gasteiger partial charge in [0, 0.05) is 18.7 Å². The summed E-state index contributed by atoms with van der Waals surface area (Å²) in [5.74, 6) is 1.21. The van der Waals surface area contributed by atoms with Crippen LogP contribution in [0.2, 0.25) is 0 Å². The molecular weight excluding hydrogens is 391 g/mol. The molecule has 0 aliphatic rings. The third kappa shape index (κ3) is 5.35. The minimum absolute atomic E-state index is 0.163. The summed E-state index contributed by atoms with van der Waals surface area (Å²) in [5, 5.41) is 12.0. The first-order chi connectivity index (χ1) is 14.0. The lowest BCUT2D eigenvalue weighted by atomic mass is 10.1. The van der Waals surface area contributed by atoms with Gasteiger partial charge in [-0.3, -0.25) is 4.79 Å². The maximum Gasteiger partial charge on any atom is 0.234 e. The van der Waals surface area contributed by atoms with Gasteiger partial charge in [-0.2, -0.15) is 0 Å². The monoisotopic (exact) mass is 414 g/mol. The second-order valence-electron chi connectivity index (χ2n) is 6.46. The Hall–Kier alpha value is -2.87. The van der Waals surface area contributed by atoms with E-state index in [0.29, 0.717) is 23.8 Å². The zero-order valence-electron chi connectivity index (χ0n) is 16.6. The van der Waals surface area contributed by atoms with Crippen molar-refractivity contribution in [3.63, 3.8) is 0 Å². The fraction of sp³-hybridized carbons (Fsp3) is 0.286. The standard InChI is InChI=1S/C21H23FN4O2S/c1-4-26-19(11-15-6-9-17(28-3)10-7-15)24-25-21(26)29-13-20(27)23-18-12-16(22)8-5-14(18)2/h5-10,12H,4,11,13H2,1-3H3,(H,23,27). The van der Waals surface area contributed by atoms with Gasteiger partial charge >= 0.3 is 0 Å². The first-order valence-electron chi connectivity index (χ1n) is 9.24. The Balaban J connectivity index is 1.63. The number of hydrogen-bond acceptors (Lipinski definition) is 5. The average Bonchev–Trinajstić information content (AvgIpc) is 3.11. The highest BCUT2D eigenvalue weighted by Crippen LogP contribution is 2.21. The summed E-state index contributed by atoms with van der Waals surface area (Å²) in [5.41, 5.74) is 2.39. The van der Waals surface area contributed by atoms with Crippen LogP contribution in [0.25, 0.3) is 0 Å². The first-order valence-corrected chi connectivity index (χ1v) is 10.2. The predicted octanol–water partition coefficient (Wildman–Crippen LogP) is 4.08. The van der Waals surface area contributed by atoms with E-state index in [2.05, 4.69) is 15.5 Å². The fourth-order valence-corrected chi connectivity index (χ4v) is 3.67. The Morgan fingerprint density at radius 2 is 1.97 bits per heavy atom. The summed E-state index contributed by atoms with van der Waals surface area (Å²) >= 11 is 1.31. The van der Waals surface area contributed by atoms with Crippen molar-refractivity contribution in [2.45, 2.75) is 32.0 Å². The van der Waals surface area contributed by atoms with Crippen molar-refractivity contribution < 1.29 is 13.9 Å². The van der Waals surface area contributed by atoms with E-state index in [1.54, 1.807) is 13.2 Å². The van der Waals surface area contributed by atoms with Crippen LogP contribution in [0.4, 0.5) is 10.1 Å². The van der Waals surface area contributed by atoms with Gasteiger partial charge in [0.2, 0.25) is 5.91 Å². The van der Waals surface area contributed by atoms with Crippen LogP contribution < -0.4 is 10.1 Å². The van der Waals surface area contributed by atoms with Gasteiger partial charge in [0.05, 0.1) is 12.9 Å². The van der Waals surface area contributed by atoms with Crippen LogP contribution in [0.3, 0.4) is 0 Å². The zero-order chi connectivity index (χ0) is 20.8. The molecule has 1 N–H and O–H groups in total. The largest absolute Gasteiger partial charge is 0.497 e. The molecule has 2 aromatic carbocycles. The molecule has 3 aromatic rings. The van der Waals surface area contributed by atoms with Crippen LogP contribution in [-0.2, 0) is 17.8 Å². The molecule has 0 atom stereocenters. The quantitative estimate of drug-likeness (QED) is 0.563. The van der Waals surface area contributed by atoms with Crippen LogP contribution in [0.1, 0.15) is 23.9 Å². The summed E-state index contributed by atoms with van der Waals surface area (Å²) in [7, 11) is 1.64. The number of halogens is 1. The number of benzene rings is 2. The van der Waals surface area contributed by atoms with Crippen molar-refractivity contribution in [3.05, 3.63) is 65.2 Å². The smallest absolute Gasteiger partial charge is 0.234 e. The molecule has 1 heterocycles. The highest BCUT2D eigenvalue weighted by molar-refractivity contribution is 7.99. The van der Waals surface area contributed by atoms with Gasteiger partial charge in [-0.05, 0) is 49.2 Å². The number of ether oxygens (including phenoxy) is 1. The lowest BCUT2D eigenvalue weighted by Crippen LogP contribution is -2.15. The Morgan fingerprint density at radius 3 is 2.66 bits per heavy atom. The molecule has 0 bridgehead atoms. The van der Waals surface area contributed by atoms with Crippen molar-refractivity contribution in [2.75, 3.05) is 18.2 Å². The molecule has 1 aromatic heterocycles. The molecule has 6 nitrogen and oxygen atoms in total. The molecular formula is C21H23FN4O2S. The van der Waals surface area contributed by atoms with E-state index >= 15 is 0 Å². The van der Waals surface area contributed by atoms with Crippen LogP contribution >= 0.6 is 11.8 Å². The minimum atomic E-state index is -0.382. The average molecular weight is 415 g/mol. The maximum absolute atomic E-state index is 13.4. The molecule has 0 radical (unpaired) electrons. The normalized spacial score (nSPS) is 10.8. The van der Waals surface area contributed by atoms with E-state index in [1.165, 1.54) is 23.9 Å². The van der Waals surface area contributed by atoms with E-state index in [1.807, 2.05) is 42.7 Å². The number of methoxy groups -OCH3 is 1. The number of carbonyl (C=O) groups is 1. The Kier molecular flexibility index (Phi) is 6.87. The summed E-state index contributed by atoms with van der Waals surface area (Å²) in [6.45, 7) is 4.54. The van der Waals surface area contributed by atoms with Crippen molar-refractivity contribution in [2.24, 2.45) is 0 Å². The second-order valence-corrected chi connectivity index (χ2v) is 7.41. The Labute approximate surface area is 173 Å². The summed E-state index contributed by atoms with van der Waals surface area (Å²) in [6.07, 6.45) is 0.639. The van der Waals surface area contributed by atoms with Crippen LogP contribution in [0.5, 0.6) is 5.75 Å². The van der Waals surface area contributed by atoms with Crippen molar-refractivity contribution in [3.8, 4) is 5.75 Å². The lowest BCUT2D eigenvalue weighted by molar-refractivity contribution is -0.113. The highest BCUT2D eigenvalue weighted by atomic mass is 32.2. The number of nitrogens with one attached hydrogen (secondary N) is 1. The molecule has 0 saturated carbocycles. The van der Waals surface area contributed by atoms with Gasteiger partial charge in [-0.15, -0.1) is 10.2 Å². The molecule has 29 heavy (non-hydrogen) atoms. The van der Waals surface area contributed by atoms with E-state index in [-0.39, 0.29) is 17.5 Å². The van der Waals surface area contributed by atoms with Gasteiger partial charge in [0.1, 0.15) is 17.4 Å². The topological polar surface area (TPSA) is 69.0 Å². The number of anilines is 1. The first kappa shape index (κ1) is 20.9. The summed E-state index contributed by atoms with van der Waals surface area (Å²) in [6, 6.07) is 12.1. The number of aryl methyl sites for hydroxylation is 1. The van der Waals surface area contributed by atoms with Gasteiger partial charge in [0.25, 0.3) is 0 Å². The van der Waals surface area contributed by atoms with E-state index in [0.717, 1.165) is 22.7 Å². The summed E-state index contributed by atoms with van der Waals surface area (Å²) in [4.78, 5) is 12.3. The lowest BCUT2D eigenvalue weighted by Gasteiger charge is -2.09. The summed E-state index contributed by atoms with van der Waals surface area (Å²) < 4.78 is 20.6. The molecule has 3 rings (SSSR count). The van der Waals surface area contributed by atoms with Gasteiger partial charge < -0.3 is 14.6 Å². The number of thioether (sulfide) groups is 1. The number of hydrogen-bond donors (Lipinski definition) is 1. The SMILES string of the molecule is CCn1c(Cc2ccc(OC)cc2)nnc1SCC(=O)Nc1cc(F)ccc1C. The number of nitrogens with zero attached hydrogens (tertiary/aromatic N) is 3. The molecule has 152 valence electrons. The number of aromatic nitrogens is 3. The minimum Gasteiger partial charge on any atom is -0.497 e. The van der Waals surface area contributed by atoms with Crippen LogP contribution in [-0.4, -0.2) is 33.5 Å². The molecule has 8 heteroatoms. The van der Waals surface area contributed by atoms with Gasteiger partial charge in [-0.25, -0.2) is 4.39 Å². The highest BCUT2D eigenvalue weighted by Gasteiger charge is 2.14.